The number of aromatic carboxylic acids is 1. The van der Waals surface area contributed by atoms with E-state index >= 15 is 0 Å². The fourth-order valence-electron chi connectivity index (χ4n) is 4.01. The number of carbonyl (C=O) groups excluding carboxylic acids is 1. The number of fused-ring (bicyclic) bond motifs is 2. The van der Waals surface area contributed by atoms with E-state index in [2.05, 4.69) is 10.5 Å². The van der Waals surface area contributed by atoms with Gasteiger partial charge < -0.3 is 14.1 Å². The lowest BCUT2D eigenvalue weighted by molar-refractivity contribution is -0.121. The number of rotatable bonds is 6. The molecular weight excluding hydrogens is 482 g/mol. The number of pyridine rings is 1. The highest BCUT2D eigenvalue weighted by Gasteiger charge is 2.13. The van der Waals surface area contributed by atoms with Gasteiger partial charge in [-0.2, -0.15) is 5.10 Å². The largest absolute Gasteiger partial charge is 0.478 e. The molecule has 0 saturated heterocycles. The quantitative estimate of drug-likeness (QED) is 0.195. The van der Waals surface area contributed by atoms with E-state index in [-0.39, 0.29) is 28.5 Å². The molecule has 0 radical (unpaired) electrons. The van der Waals surface area contributed by atoms with Crippen molar-refractivity contribution in [3.05, 3.63) is 105 Å². The Morgan fingerprint density at radius 3 is 2.28 bits per heavy atom. The van der Waals surface area contributed by atoms with Crippen LogP contribution in [0.1, 0.15) is 16.1 Å². The predicted molar refractivity (Wildman–Crippen MR) is 138 cm³/mol. The van der Waals surface area contributed by atoms with Gasteiger partial charge in [0.05, 0.1) is 27.8 Å². The molecule has 0 unspecified atom stereocenters. The lowest BCUT2D eigenvalue weighted by Gasteiger charge is -2.14. The number of halogens is 1. The van der Waals surface area contributed by atoms with Crippen LogP contribution in [-0.2, 0) is 11.3 Å². The number of benzene rings is 3. The maximum Gasteiger partial charge on any atom is 0.337 e. The maximum absolute atomic E-state index is 12.8. The lowest BCUT2D eigenvalue weighted by Crippen LogP contribution is -2.25. The Bertz CT molecular complexity index is 1680. The van der Waals surface area contributed by atoms with Crippen molar-refractivity contribution in [2.75, 3.05) is 0 Å². The molecule has 2 heterocycles. The number of para-hydroxylation sites is 2. The van der Waals surface area contributed by atoms with Gasteiger partial charge in [0.2, 0.25) is 0 Å². The van der Waals surface area contributed by atoms with Gasteiger partial charge in [0.1, 0.15) is 18.1 Å². The fraction of sp³-hybridized carbons (Fsp3) is 0.0370. The van der Waals surface area contributed by atoms with Crippen LogP contribution in [0.5, 0.6) is 0 Å². The molecule has 0 aliphatic heterocycles. The Morgan fingerprint density at radius 1 is 0.972 bits per heavy atom. The minimum absolute atomic E-state index is 0.000195. The molecule has 0 aliphatic carbocycles. The van der Waals surface area contributed by atoms with E-state index in [1.165, 1.54) is 18.3 Å². The highest BCUT2D eigenvalue weighted by Crippen LogP contribution is 2.27. The first-order valence-electron chi connectivity index (χ1n) is 10.9. The van der Waals surface area contributed by atoms with Crippen LogP contribution in [0.4, 0.5) is 0 Å². The number of nitrogens with zero attached hydrogens (tertiary/aromatic N) is 2. The average molecular weight is 500 g/mol. The zero-order valence-electron chi connectivity index (χ0n) is 18.6. The lowest BCUT2D eigenvalue weighted by atomic mass is 10.1. The van der Waals surface area contributed by atoms with Crippen molar-refractivity contribution in [3.63, 3.8) is 0 Å². The van der Waals surface area contributed by atoms with E-state index < -0.39 is 5.97 Å². The van der Waals surface area contributed by atoms with Crippen LogP contribution in [0, 0.1) is 0 Å². The molecule has 9 heteroatoms. The normalized spacial score (nSPS) is 11.4. The predicted octanol–water partition coefficient (Wildman–Crippen LogP) is 4.92. The van der Waals surface area contributed by atoms with Crippen LogP contribution in [0.2, 0.25) is 5.02 Å². The summed E-state index contributed by atoms with van der Waals surface area (Å²) in [5.74, 6) is -0.651. The third-order valence-electron chi connectivity index (χ3n) is 5.67. The summed E-state index contributed by atoms with van der Waals surface area (Å²) >= 11 is 6.03. The van der Waals surface area contributed by atoms with Gasteiger partial charge >= 0.3 is 5.97 Å². The monoisotopic (exact) mass is 499 g/mol. The Morgan fingerprint density at radius 2 is 1.64 bits per heavy atom. The van der Waals surface area contributed by atoms with E-state index in [9.17, 15) is 14.4 Å². The first-order valence-corrected chi connectivity index (χ1v) is 11.3. The summed E-state index contributed by atoms with van der Waals surface area (Å²) in [5, 5.41) is 14.3. The van der Waals surface area contributed by atoms with Crippen molar-refractivity contribution in [1.29, 1.82) is 0 Å². The number of aromatic nitrogens is 1. The smallest absolute Gasteiger partial charge is 0.337 e. The van der Waals surface area contributed by atoms with E-state index in [1.807, 2.05) is 12.1 Å². The molecule has 0 aliphatic rings. The number of hydrazone groups is 1. The highest BCUT2D eigenvalue weighted by atomic mass is 35.5. The molecule has 8 nitrogen and oxygen atoms in total. The summed E-state index contributed by atoms with van der Waals surface area (Å²) in [4.78, 5) is 36.7. The van der Waals surface area contributed by atoms with E-state index in [4.69, 9.17) is 21.1 Å². The molecule has 36 heavy (non-hydrogen) atoms. The first-order chi connectivity index (χ1) is 17.4. The summed E-state index contributed by atoms with van der Waals surface area (Å²) < 4.78 is 7.49. The van der Waals surface area contributed by atoms with Gasteiger partial charge in [0.15, 0.2) is 5.43 Å². The summed E-state index contributed by atoms with van der Waals surface area (Å²) in [5.41, 5.74) is 4.32. The Labute approximate surface area is 209 Å². The van der Waals surface area contributed by atoms with E-state index in [1.54, 1.807) is 59.2 Å². The Hall–Kier alpha value is -4.69. The molecule has 0 atom stereocenters. The molecule has 0 spiro atoms. The standard InChI is InChI=1S/C27H18ClN3O5/c28-21-13-16(9-11-18(21)27(34)35)24-12-10-17(36-24)14-29-30-25(32)15-31-22-7-3-1-5-19(22)26(33)20-6-2-4-8-23(20)31/h1-14H,15H2,(H,30,32)(H,34,35)/b29-14-. The number of carboxylic acid groups (broad SMARTS) is 1. The van der Waals surface area contributed by atoms with Gasteiger partial charge in [-0.1, -0.05) is 41.9 Å². The first kappa shape index (κ1) is 23.1. The summed E-state index contributed by atoms with van der Waals surface area (Å²) in [7, 11) is 0. The number of amides is 1. The topological polar surface area (TPSA) is 114 Å². The molecule has 5 aromatic rings. The van der Waals surface area contributed by atoms with Crippen LogP contribution < -0.4 is 10.9 Å². The number of nitrogens with one attached hydrogen (secondary N) is 1. The van der Waals surface area contributed by atoms with Gasteiger partial charge in [0.25, 0.3) is 5.91 Å². The van der Waals surface area contributed by atoms with Crippen molar-refractivity contribution in [2.45, 2.75) is 6.54 Å². The van der Waals surface area contributed by atoms with Crippen LogP contribution in [0.3, 0.4) is 0 Å². The minimum atomic E-state index is -1.11. The zero-order valence-corrected chi connectivity index (χ0v) is 19.4. The number of hydrogen-bond donors (Lipinski definition) is 2. The third kappa shape index (κ3) is 4.37. The van der Waals surface area contributed by atoms with Crippen LogP contribution in [-0.4, -0.2) is 27.8 Å². The molecule has 1 amide bonds. The summed E-state index contributed by atoms with van der Waals surface area (Å²) in [6.45, 7) is -0.0452. The molecular formula is C27H18ClN3O5. The second-order valence-corrected chi connectivity index (χ2v) is 8.35. The highest BCUT2D eigenvalue weighted by molar-refractivity contribution is 6.33. The molecule has 2 aromatic heterocycles. The van der Waals surface area contributed by atoms with Gasteiger partial charge in [-0.3, -0.25) is 9.59 Å². The van der Waals surface area contributed by atoms with E-state index in [0.29, 0.717) is 38.9 Å². The van der Waals surface area contributed by atoms with Gasteiger partial charge in [-0.15, -0.1) is 0 Å². The number of hydrogen-bond acceptors (Lipinski definition) is 5. The van der Waals surface area contributed by atoms with Crippen molar-refractivity contribution < 1.29 is 19.1 Å². The molecule has 3 aromatic carbocycles. The number of carbonyl (C=O) groups is 2. The van der Waals surface area contributed by atoms with Crippen LogP contribution >= 0.6 is 11.6 Å². The van der Waals surface area contributed by atoms with E-state index in [0.717, 1.165) is 0 Å². The summed E-state index contributed by atoms with van der Waals surface area (Å²) in [6, 6.07) is 22.2. The molecule has 178 valence electrons. The molecule has 0 saturated carbocycles. The zero-order chi connectivity index (χ0) is 25.2. The summed E-state index contributed by atoms with van der Waals surface area (Å²) in [6.07, 6.45) is 1.36. The number of carboxylic acids is 1. The van der Waals surface area contributed by atoms with Crippen molar-refractivity contribution in [2.24, 2.45) is 5.10 Å². The fourth-order valence-corrected chi connectivity index (χ4v) is 4.27. The van der Waals surface area contributed by atoms with Gasteiger partial charge in [-0.05, 0) is 48.5 Å². The number of furan rings is 1. The van der Waals surface area contributed by atoms with Crippen molar-refractivity contribution in [1.82, 2.24) is 9.99 Å². The molecule has 5 rings (SSSR count). The average Bonchev–Trinajstić information content (AvgIpc) is 3.35. The second-order valence-electron chi connectivity index (χ2n) is 7.94. The van der Waals surface area contributed by atoms with Crippen molar-refractivity contribution >= 4 is 51.5 Å². The van der Waals surface area contributed by atoms with Gasteiger partial charge in [0, 0.05) is 16.3 Å². The van der Waals surface area contributed by atoms with Gasteiger partial charge in [-0.25, -0.2) is 10.2 Å². The molecule has 2 N–H and O–H groups in total. The third-order valence-corrected chi connectivity index (χ3v) is 5.99. The molecule has 0 fully saturated rings. The Kier molecular flexibility index (Phi) is 6.10. The maximum atomic E-state index is 12.8. The van der Waals surface area contributed by atoms with Crippen LogP contribution in [0.15, 0.2) is 93.2 Å². The SMILES string of the molecule is O=C(Cn1c2ccccc2c(=O)c2ccccc21)N/N=C\c1ccc(-c2ccc(C(=O)O)c(Cl)c2)o1. The Balaban J connectivity index is 1.34. The second kappa shape index (κ2) is 9.52. The van der Waals surface area contributed by atoms with Crippen LogP contribution in [0.25, 0.3) is 33.1 Å². The molecule has 0 bridgehead atoms. The minimum Gasteiger partial charge on any atom is -0.478 e. The van der Waals surface area contributed by atoms with Crippen molar-refractivity contribution in [3.8, 4) is 11.3 Å².